The average molecular weight is 469 g/mol. The van der Waals surface area contributed by atoms with E-state index in [9.17, 15) is 0 Å². The molecule has 5 aromatic rings. The summed E-state index contributed by atoms with van der Waals surface area (Å²) >= 11 is 3.33. The van der Waals surface area contributed by atoms with Crippen LogP contribution < -0.4 is 0 Å². The number of pyridine rings is 1. The van der Waals surface area contributed by atoms with Gasteiger partial charge in [0.05, 0.1) is 5.39 Å². The number of benzene rings is 1. The van der Waals surface area contributed by atoms with Crippen LogP contribution in [0.25, 0.3) is 32.7 Å². The van der Waals surface area contributed by atoms with Crippen LogP contribution in [0.1, 0.15) is 43.5 Å². The second kappa shape index (κ2) is 7.74. The number of hydrogen-bond donors (Lipinski definition) is 0. The lowest BCUT2D eigenvalue weighted by Gasteiger charge is -2.10. The van der Waals surface area contributed by atoms with Gasteiger partial charge in [-0.25, -0.2) is 9.97 Å². The molecule has 0 saturated heterocycles. The van der Waals surface area contributed by atoms with Crippen LogP contribution in [0.15, 0.2) is 70.4 Å². The monoisotopic (exact) mass is 468 g/mol. The van der Waals surface area contributed by atoms with Gasteiger partial charge in [-0.1, -0.05) is 30.3 Å². The predicted molar refractivity (Wildman–Crippen MR) is 130 cm³/mol. The fourth-order valence-corrected chi connectivity index (χ4v) is 6.20. The zero-order valence-electron chi connectivity index (χ0n) is 17.8. The van der Waals surface area contributed by atoms with Gasteiger partial charge >= 0.3 is 0 Å². The molecule has 4 heterocycles. The van der Waals surface area contributed by atoms with Crippen molar-refractivity contribution in [3.8, 4) is 22.5 Å². The number of fused-ring (bicyclic) bond motifs is 1. The van der Waals surface area contributed by atoms with Crippen molar-refractivity contribution in [3.63, 3.8) is 0 Å². The Hall–Kier alpha value is -3.10. The van der Waals surface area contributed by atoms with Gasteiger partial charge in [-0.15, -0.1) is 21.5 Å². The van der Waals surface area contributed by atoms with Crippen LogP contribution >= 0.6 is 23.1 Å². The van der Waals surface area contributed by atoms with E-state index < -0.39 is 0 Å². The Kier molecular flexibility index (Phi) is 4.55. The summed E-state index contributed by atoms with van der Waals surface area (Å²) in [5.74, 6) is 2.34. The molecule has 6 nitrogen and oxygen atoms in total. The topological polar surface area (TPSA) is 69.4 Å². The van der Waals surface area contributed by atoms with E-state index in [0.717, 1.165) is 50.5 Å². The Labute approximate surface area is 199 Å². The van der Waals surface area contributed by atoms with Gasteiger partial charge < -0.3 is 0 Å². The largest absolute Gasteiger partial charge is 0.299 e. The number of hydrogen-bond acceptors (Lipinski definition) is 7. The van der Waals surface area contributed by atoms with Crippen LogP contribution in [-0.4, -0.2) is 29.7 Å². The molecule has 7 rings (SSSR count). The number of rotatable bonds is 6. The summed E-state index contributed by atoms with van der Waals surface area (Å²) in [6.07, 6.45) is 8.30. The summed E-state index contributed by atoms with van der Waals surface area (Å²) in [7, 11) is 0. The van der Waals surface area contributed by atoms with Gasteiger partial charge in [-0.3, -0.25) is 9.55 Å². The van der Waals surface area contributed by atoms with E-state index >= 15 is 0 Å². The molecule has 1 aromatic carbocycles. The van der Waals surface area contributed by atoms with Gasteiger partial charge in [0.2, 0.25) is 0 Å². The Balaban J connectivity index is 1.38. The summed E-state index contributed by atoms with van der Waals surface area (Å²) in [4.78, 5) is 15.4. The van der Waals surface area contributed by atoms with Crippen LogP contribution in [0.5, 0.6) is 0 Å². The second-order valence-electron chi connectivity index (χ2n) is 8.61. The normalized spacial score (nSPS) is 15.9. The average Bonchev–Trinajstić information content (AvgIpc) is 3.80. The minimum absolute atomic E-state index is 0.439. The lowest BCUT2D eigenvalue weighted by atomic mass is 10.1. The highest BCUT2D eigenvalue weighted by Crippen LogP contribution is 2.46. The minimum Gasteiger partial charge on any atom is -0.299 e. The molecule has 0 bridgehead atoms. The molecule has 0 unspecified atom stereocenters. The molecule has 0 atom stereocenters. The highest BCUT2D eigenvalue weighted by Gasteiger charge is 2.32. The van der Waals surface area contributed by atoms with Gasteiger partial charge in [0.25, 0.3) is 0 Å². The smallest absolute Gasteiger partial charge is 0.198 e. The molecule has 4 aromatic heterocycles. The first-order valence-corrected chi connectivity index (χ1v) is 12.9. The molecule has 2 aliphatic rings. The molecule has 0 radical (unpaired) electrons. The maximum absolute atomic E-state index is 5.08. The number of aromatic nitrogens is 6. The zero-order valence-corrected chi connectivity index (χ0v) is 19.4. The van der Waals surface area contributed by atoms with Crippen molar-refractivity contribution < 1.29 is 0 Å². The predicted octanol–water partition coefficient (Wildman–Crippen LogP) is 6.38. The standard InChI is InChI=1S/C25H20N6S2/c1-2-5-15(6-3-1)19-14-32-23-20(19)24(28-21(27-23)16-8-9-16)33-25-30-29-22(31(25)18-10-11-18)17-7-4-12-26-13-17/h1-7,12-14,16,18H,8-11H2. The molecule has 8 heteroatoms. The van der Waals surface area contributed by atoms with E-state index in [1.165, 1.54) is 24.0 Å². The molecule has 0 spiro atoms. The third-order valence-electron chi connectivity index (χ3n) is 6.13. The van der Waals surface area contributed by atoms with Crippen molar-refractivity contribution >= 4 is 33.3 Å². The summed E-state index contributed by atoms with van der Waals surface area (Å²) < 4.78 is 2.28. The van der Waals surface area contributed by atoms with E-state index in [-0.39, 0.29) is 0 Å². The summed E-state index contributed by atoms with van der Waals surface area (Å²) in [5, 5.41) is 14.4. The van der Waals surface area contributed by atoms with Crippen molar-refractivity contribution in [1.82, 2.24) is 29.7 Å². The molecule has 0 N–H and O–H groups in total. The van der Waals surface area contributed by atoms with Crippen molar-refractivity contribution in [1.29, 1.82) is 0 Å². The third-order valence-corrected chi connectivity index (χ3v) is 7.95. The van der Waals surface area contributed by atoms with Crippen LogP contribution in [0.4, 0.5) is 0 Å². The van der Waals surface area contributed by atoms with E-state index in [1.54, 1.807) is 29.3 Å². The quantitative estimate of drug-likeness (QED) is 0.270. The Morgan fingerprint density at radius 1 is 0.909 bits per heavy atom. The maximum Gasteiger partial charge on any atom is 0.198 e. The van der Waals surface area contributed by atoms with E-state index in [1.807, 2.05) is 24.4 Å². The fraction of sp³-hybridized carbons (Fsp3) is 0.240. The first-order chi connectivity index (χ1) is 16.3. The summed E-state index contributed by atoms with van der Waals surface area (Å²) in [6.45, 7) is 0. The second-order valence-corrected chi connectivity index (χ2v) is 10.4. The molecular formula is C25H20N6S2. The third kappa shape index (κ3) is 3.54. The van der Waals surface area contributed by atoms with Gasteiger partial charge in [0.15, 0.2) is 11.0 Å². The first-order valence-electron chi connectivity index (χ1n) is 11.2. The molecule has 2 fully saturated rings. The molecule has 2 aliphatic carbocycles. The molecule has 33 heavy (non-hydrogen) atoms. The van der Waals surface area contributed by atoms with E-state index in [2.05, 4.69) is 49.4 Å². The molecule has 2 saturated carbocycles. The van der Waals surface area contributed by atoms with Gasteiger partial charge in [0, 0.05) is 40.9 Å². The first kappa shape index (κ1) is 19.4. The van der Waals surface area contributed by atoms with Gasteiger partial charge in [-0.2, -0.15) is 0 Å². The maximum atomic E-state index is 5.08. The molecule has 162 valence electrons. The zero-order chi connectivity index (χ0) is 21.8. The van der Waals surface area contributed by atoms with Crippen LogP contribution in [-0.2, 0) is 0 Å². The highest BCUT2D eigenvalue weighted by molar-refractivity contribution is 7.99. The number of nitrogens with zero attached hydrogens (tertiary/aromatic N) is 6. The summed E-state index contributed by atoms with van der Waals surface area (Å²) in [6, 6.07) is 14.9. The van der Waals surface area contributed by atoms with E-state index in [4.69, 9.17) is 9.97 Å². The van der Waals surface area contributed by atoms with E-state index in [0.29, 0.717) is 12.0 Å². The van der Waals surface area contributed by atoms with Crippen molar-refractivity contribution in [2.45, 2.75) is 47.8 Å². The molecule has 0 aliphatic heterocycles. The van der Waals surface area contributed by atoms with Crippen molar-refractivity contribution in [2.75, 3.05) is 0 Å². The molecule has 0 amide bonds. The van der Waals surface area contributed by atoms with Gasteiger partial charge in [-0.05, 0) is 55.1 Å². The molecular weight excluding hydrogens is 448 g/mol. The summed E-state index contributed by atoms with van der Waals surface area (Å²) in [5.41, 5.74) is 3.37. The van der Waals surface area contributed by atoms with Crippen molar-refractivity contribution in [3.05, 3.63) is 66.1 Å². The fourth-order valence-electron chi connectivity index (χ4n) is 4.14. The lowest BCUT2D eigenvalue weighted by Crippen LogP contribution is -2.01. The van der Waals surface area contributed by atoms with Crippen molar-refractivity contribution in [2.24, 2.45) is 0 Å². The van der Waals surface area contributed by atoms with Gasteiger partial charge in [0.1, 0.15) is 15.7 Å². The lowest BCUT2D eigenvalue weighted by molar-refractivity contribution is 0.668. The SMILES string of the molecule is c1ccc(-c2csc3nc(C4CC4)nc(Sc4nnc(-c5cccnc5)n4C4CC4)c23)cc1. The van der Waals surface area contributed by atoms with Crippen LogP contribution in [0.2, 0.25) is 0 Å². The minimum atomic E-state index is 0.439. The Morgan fingerprint density at radius 2 is 1.76 bits per heavy atom. The Bertz CT molecular complexity index is 1450. The van der Waals surface area contributed by atoms with Crippen LogP contribution in [0, 0.1) is 0 Å². The van der Waals surface area contributed by atoms with Crippen LogP contribution in [0.3, 0.4) is 0 Å². The number of thiophene rings is 1. The Morgan fingerprint density at radius 3 is 2.52 bits per heavy atom. The highest BCUT2D eigenvalue weighted by atomic mass is 32.2.